The Morgan fingerprint density at radius 1 is 1.35 bits per heavy atom. The lowest BCUT2D eigenvalue weighted by molar-refractivity contribution is -0.137. The van der Waals surface area contributed by atoms with Crippen LogP contribution in [0.15, 0.2) is 29.4 Å². The highest BCUT2D eigenvalue weighted by Crippen LogP contribution is 2.32. The fourth-order valence-electron chi connectivity index (χ4n) is 1.65. The molecule has 0 bridgehead atoms. The molecule has 1 aromatic carbocycles. The van der Waals surface area contributed by atoms with Crippen molar-refractivity contribution >= 4 is 28.4 Å². The molecule has 0 N–H and O–H groups in total. The molecule has 1 heterocycles. The minimum absolute atomic E-state index is 0.348. The maximum absolute atomic E-state index is 12.4. The molecule has 0 fully saturated rings. The van der Waals surface area contributed by atoms with Crippen molar-refractivity contribution in [3.63, 3.8) is 0 Å². The SMILES string of the molecule is CC1(CCl)CC(SCc2ccc(C(F)(F)F)cc2)=NO1. The average molecular weight is 324 g/mol. The number of nitrogens with zero attached hydrogens (tertiary/aromatic N) is 1. The van der Waals surface area contributed by atoms with Crippen molar-refractivity contribution in [2.24, 2.45) is 5.16 Å². The number of hydrogen-bond donors (Lipinski definition) is 0. The maximum Gasteiger partial charge on any atom is 0.416 e. The van der Waals surface area contributed by atoms with Crippen molar-refractivity contribution in [1.29, 1.82) is 0 Å². The molecule has 2 rings (SSSR count). The Morgan fingerprint density at radius 3 is 2.50 bits per heavy atom. The molecule has 0 amide bonds. The second-order valence-corrected chi connectivity index (χ2v) is 6.14. The van der Waals surface area contributed by atoms with Gasteiger partial charge in [0.2, 0.25) is 0 Å². The number of hydrogen-bond acceptors (Lipinski definition) is 3. The maximum atomic E-state index is 12.4. The molecule has 1 unspecified atom stereocenters. The number of thioether (sulfide) groups is 1. The number of benzene rings is 1. The second-order valence-electron chi connectivity index (χ2n) is 4.82. The topological polar surface area (TPSA) is 21.6 Å². The number of alkyl halides is 4. The summed E-state index contributed by atoms with van der Waals surface area (Å²) in [7, 11) is 0. The molecule has 0 spiro atoms. The quantitative estimate of drug-likeness (QED) is 0.754. The molecule has 1 aromatic rings. The summed E-state index contributed by atoms with van der Waals surface area (Å²) in [5.41, 5.74) is -0.294. The molecular weight excluding hydrogens is 311 g/mol. The lowest BCUT2D eigenvalue weighted by Crippen LogP contribution is -2.26. The first-order valence-electron chi connectivity index (χ1n) is 5.92. The predicted molar refractivity (Wildman–Crippen MR) is 75.0 cm³/mol. The van der Waals surface area contributed by atoms with E-state index in [-0.39, 0.29) is 0 Å². The summed E-state index contributed by atoms with van der Waals surface area (Å²) < 4.78 is 37.3. The molecule has 0 aromatic heterocycles. The van der Waals surface area contributed by atoms with Gasteiger partial charge in [0.25, 0.3) is 0 Å². The summed E-state index contributed by atoms with van der Waals surface area (Å²) in [4.78, 5) is 5.24. The fourth-order valence-corrected chi connectivity index (χ4v) is 2.82. The fraction of sp³-hybridized carbons (Fsp3) is 0.462. The first kappa shape index (κ1) is 15.5. The third kappa shape index (κ3) is 3.82. The van der Waals surface area contributed by atoms with E-state index in [2.05, 4.69) is 5.16 Å². The Morgan fingerprint density at radius 2 is 2.00 bits per heavy atom. The van der Waals surface area contributed by atoms with E-state index in [1.807, 2.05) is 6.92 Å². The standard InChI is InChI=1S/C13H13ClF3NOS/c1-12(8-14)6-11(18-19-12)20-7-9-2-4-10(5-3-9)13(15,16)17/h2-5H,6-8H2,1H3. The zero-order valence-electron chi connectivity index (χ0n) is 10.7. The molecule has 1 atom stereocenters. The van der Waals surface area contributed by atoms with Gasteiger partial charge in [0.15, 0.2) is 5.60 Å². The Bertz CT molecular complexity index is 503. The summed E-state index contributed by atoms with van der Waals surface area (Å²) in [6.45, 7) is 1.87. The van der Waals surface area contributed by atoms with Crippen LogP contribution < -0.4 is 0 Å². The van der Waals surface area contributed by atoms with E-state index in [0.717, 1.165) is 22.7 Å². The third-order valence-corrected chi connectivity index (χ3v) is 4.46. The molecule has 0 saturated carbocycles. The van der Waals surface area contributed by atoms with Crippen LogP contribution in [0.3, 0.4) is 0 Å². The zero-order valence-corrected chi connectivity index (χ0v) is 12.3. The summed E-state index contributed by atoms with van der Waals surface area (Å²) in [6, 6.07) is 5.14. The van der Waals surface area contributed by atoms with E-state index in [4.69, 9.17) is 16.4 Å². The van der Waals surface area contributed by atoms with E-state index in [1.54, 1.807) is 0 Å². The van der Waals surface area contributed by atoms with E-state index in [9.17, 15) is 13.2 Å². The molecular formula is C13H13ClF3NOS. The monoisotopic (exact) mass is 323 g/mol. The van der Waals surface area contributed by atoms with Gasteiger partial charge in [-0.2, -0.15) is 13.2 Å². The molecule has 2 nitrogen and oxygen atoms in total. The molecule has 20 heavy (non-hydrogen) atoms. The third-order valence-electron chi connectivity index (χ3n) is 2.86. The van der Waals surface area contributed by atoms with Gasteiger partial charge >= 0.3 is 6.18 Å². The molecule has 0 radical (unpaired) electrons. The van der Waals surface area contributed by atoms with Crippen molar-refractivity contribution in [3.8, 4) is 0 Å². The molecule has 7 heteroatoms. The second kappa shape index (κ2) is 5.85. The largest absolute Gasteiger partial charge is 0.416 e. The summed E-state index contributed by atoms with van der Waals surface area (Å²) in [5, 5.41) is 4.76. The first-order valence-corrected chi connectivity index (χ1v) is 7.44. The zero-order chi connectivity index (χ0) is 14.8. The average Bonchev–Trinajstić information content (AvgIpc) is 2.79. The smallest absolute Gasteiger partial charge is 0.387 e. The van der Waals surface area contributed by atoms with Crippen LogP contribution in [-0.4, -0.2) is 16.5 Å². The Labute approximate surface area is 124 Å². The highest BCUT2D eigenvalue weighted by atomic mass is 35.5. The normalized spacial score (nSPS) is 22.6. The van der Waals surface area contributed by atoms with Gasteiger partial charge in [-0.25, -0.2) is 0 Å². The lowest BCUT2D eigenvalue weighted by Gasteiger charge is -2.16. The summed E-state index contributed by atoms with van der Waals surface area (Å²) in [5.74, 6) is 0.902. The van der Waals surface area contributed by atoms with Crippen LogP contribution in [0.1, 0.15) is 24.5 Å². The van der Waals surface area contributed by atoms with Crippen molar-refractivity contribution < 1.29 is 18.0 Å². The van der Waals surface area contributed by atoms with Crippen LogP contribution in [0.4, 0.5) is 13.2 Å². The van der Waals surface area contributed by atoms with E-state index < -0.39 is 17.3 Å². The minimum Gasteiger partial charge on any atom is -0.387 e. The number of rotatable bonds is 3. The Kier molecular flexibility index (Phi) is 4.54. The van der Waals surface area contributed by atoms with Gasteiger partial charge in [-0.1, -0.05) is 17.3 Å². The van der Waals surface area contributed by atoms with Gasteiger partial charge < -0.3 is 4.84 Å². The summed E-state index contributed by atoms with van der Waals surface area (Å²) >= 11 is 7.23. The van der Waals surface area contributed by atoms with Crippen molar-refractivity contribution in [3.05, 3.63) is 35.4 Å². The predicted octanol–water partition coefficient (Wildman–Crippen LogP) is 4.67. The van der Waals surface area contributed by atoms with E-state index in [1.165, 1.54) is 23.9 Å². The summed E-state index contributed by atoms with van der Waals surface area (Å²) in [6.07, 6.45) is -3.67. The van der Waals surface area contributed by atoms with Crippen molar-refractivity contribution in [2.75, 3.05) is 5.88 Å². The molecule has 0 aliphatic carbocycles. The van der Waals surface area contributed by atoms with Gasteiger partial charge in [0.05, 0.1) is 11.4 Å². The number of halogens is 4. The molecule has 1 aliphatic rings. The number of oxime groups is 1. The van der Waals surface area contributed by atoms with Crippen LogP contribution in [0.25, 0.3) is 0 Å². The Hall–Kier alpha value is -0.880. The van der Waals surface area contributed by atoms with Gasteiger partial charge in [-0.15, -0.1) is 23.4 Å². The highest BCUT2D eigenvalue weighted by molar-refractivity contribution is 8.13. The van der Waals surface area contributed by atoms with Crippen LogP contribution in [0, 0.1) is 0 Å². The van der Waals surface area contributed by atoms with E-state index >= 15 is 0 Å². The van der Waals surface area contributed by atoms with Gasteiger partial charge in [0, 0.05) is 12.2 Å². The lowest BCUT2D eigenvalue weighted by atomic mass is 10.1. The van der Waals surface area contributed by atoms with Crippen LogP contribution in [-0.2, 0) is 16.8 Å². The van der Waals surface area contributed by atoms with E-state index in [0.29, 0.717) is 18.1 Å². The molecule has 0 saturated heterocycles. The molecule has 1 aliphatic heterocycles. The van der Waals surface area contributed by atoms with Gasteiger partial charge in [-0.05, 0) is 24.6 Å². The Balaban J connectivity index is 1.90. The van der Waals surface area contributed by atoms with Crippen molar-refractivity contribution in [2.45, 2.75) is 30.9 Å². The highest BCUT2D eigenvalue weighted by Gasteiger charge is 2.33. The van der Waals surface area contributed by atoms with Gasteiger partial charge in [-0.3, -0.25) is 0 Å². The van der Waals surface area contributed by atoms with Crippen LogP contribution in [0.5, 0.6) is 0 Å². The van der Waals surface area contributed by atoms with Crippen LogP contribution >= 0.6 is 23.4 Å². The van der Waals surface area contributed by atoms with Crippen molar-refractivity contribution in [1.82, 2.24) is 0 Å². The minimum atomic E-state index is -4.29. The first-order chi connectivity index (χ1) is 9.32. The van der Waals surface area contributed by atoms with Gasteiger partial charge in [0.1, 0.15) is 5.04 Å². The van der Waals surface area contributed by atoms with Crippen LogP contribution in [0.2, 0.25) is 0 Å². The molecule has 110 valence electrons.